The van der Waals surface area contributed by atoms with E-state index in [0.29, 0.717) is 5.69 Å². The molecule has 0 bridgehead atoms. The fourth-order valence-corrected chi connectivity index (χ4v) is 2.46. The topological polar surface area (TPSA) is 64.1 Å². The first-order valence-corrected chi connectivity index (χ1v) is 6.85. The molecule has 0 amide bonds. The molecule has 21 heavy (non-hydrogen) atoms. The molecular weight excluding hydrogens is 269 g/mol. The Bertz CT molecular complexity index is 811. The van der Waals surface area contributed by atoms with Crippen LogP contribution < -0.4 is 5.73 Å². The van der Waals surface area contributed by atoms with Gasteiger partial charge in [-0.3, -0.25) is 0 Å². The Hall–Kier alpha value is -2.56. The van der Waals surface area contributed by atoms with Gasteiger partial charge in [-0.25, -0.2) is 9.37 Å². The molecule has 0 spiro atoms. The second-order valence-electron chi connectivity index (χ2n) is 4.99. The van der Waals surface area contributed by atoms with Crippen molar-refractivity contribution in [1.29, 1.82) is 0 Å². The highest BCUT2D eigenvalue weighted by Crippen LogP contribution is 2.30. The molecule has 2 aromatic carbocycles. The molecule has 1 aromatic heterocycles. The van der Waals surface area contributed by atoms with Crippen LogP contribution in [0.4, 0.5) is 10.1 Å². The van der Waals surface area contributed by atoms with Crippen LogP contribution in [0, 0.1) is 5.82 Å². The molecule has 108 valence electrons. The molecule has 4 nitrogen and oxygen atoms in total. The highest BCUT2D eigenvalue weighted by Gasteiger charge is 2.13. The Morgan fingerprint density at radius 2 is 2.05 bits per heavy atom. The number of aryl methyl sites for hydroxylation is 1. The number of nitrogens with zero attached hydrogens (tertiary/aromatic N) is 2. The Morgan fingerprint density at radius 3 is 2.76 bits per heavy atom. The average molecular weight is 285 g/mol. The summed E-state index contributed by atoms with van der Waals surface area (Å²) in [5.41, 5.74) is 8.36. The Labute approximate surface area is 121 Å². The Kier molecular flexibility index (Phi) is 3.25. The maximum Gasteiger partial charge on any atom is 0.141 e. The van der Waals surface area contributed by atoms with Crippen molar-refractivity contribution in [2.24, 2.45) is 0 Å². The third-order valence-electron chi connectivity index (χ3n) is 3.44. The molecule has 5 heteroatoms. The minimum atomic E-state index is -0.281. The van der Waals surface area contributed by atoms with Gasteiger partial charge in [-0.05, 0) is 42.8 Å². The summed E-state index contributed by atoms with van der Waals surface area (Å²) in [7, 11) is 0. The van der Waals surface area contributed by atoms with Crippen LogP contribution in [-0.4, -0.2) is 14.7 Å². The van der Waals surface area contributed by atoms with Crippen LogP contribution in [0.25, 0.3) is 22.4 Å². The van der Waals surface area contributed by atoms with E-state index in [9.17, 15) is 9.50 Å². The molecule has 3 rings (SSSR count). The van der Waals surface area contributed by atoms with Gasteiger partial charge < -0.3 is 15.4 Å². The van der Waals surface area contributed by atoms with Gasteiger partial charge in [0.15, 0.2) is 0 Å². The highest BCUT2D eigenvalue weighted by atomic mass is 19.1. The van der Waals surface area contributed by atoms with Crippen molar-refractivity contribution in [3.63, 3.8) is 0 Å². The molecule has 0 fully saturated rings. The number of benzene rings is 2. The van der Waals surface area contributed by atoms with Crippen molar-refractivity contribution in [2.45, 2.75) is 19.9 Å². The summed E-state index contributed by atoms with van der Waals surface area (Å²) in [4.78, 5) is 4.57. The van der Waals surface area contributed by atoms with Crippen molar-refractivity contribution >= 4 is 16.7 Å². The highest BCUT2D eigenvalue weighted by molar-refractivity contribution is 5.81. The van der Waals surface area contributed by atoms with Crippen molar-refractivity contribution < 1.29 is 9.50 Å². The van der Waals surface area contributed by atoms with E-state index in [-0.39, 0.29) is 11.6 Å². The Morgan fingerprint density at radius 1 is 1.24 bits per heavy atom. The number of aromatic hydroxyl groups is 1. The maximum absolute atomic E-state index is 13.5. The molecule has 0 saturated carbocycles. The van der Waals surface area contributed by atoms with Crippen LogP contribution in [0.5, 0.6) is 5.75 Å². The summed E-state index contributed by atoms with van der Waals surface area (Å²) >= 11 is 0. The number of hydrogen-bond donors (Lipinski definition) is 2. The minimum absolute atomic E-state index is 0.0444. The number of fused-ring (bicyclic) bond motifs is 1. The van der Waals surface area contributed by atoms with Crippen LogP contribution in [0.2, 0.25) is 0 Å². The zero-order valence-corrected chi connectivity index (χ0v) is 11.7. The first-order chi connectivity index (χ1) is 10.1. The average Bonchev–Trinajstić information content (AvgIpc) is 2.81. The lowest BCUT2D eigenvalue weighted by Gasteiger charge is -2.09. The summed E-state index contributed by atoms with van der Waals surface area (Å²) in [5, 5.41) is 9.54. The van der Waals surface area contributed by atoms with Crippen molar-refractivity contribution in [2.75, 3.05) is 5.73 Å². The van der Waals surface area contributed by atoms with E-state index in [1.807, 2.05) is 4.57 Å². The van der Waals surface area contributed by atoms with E-state index < -0.39 is 0 Å². The molecule has 3 N–H and O–H groups in total. The minimum Gasteiger partial charge on any atom is -0.506 e. The maximum atomic E-state index is 13.5. The van der Waals surface area contributed by atoms with Gasteiger partial charge in [0.2, 0.25) is 0 Å². The number of nitrogen functional groups attached to an aromatic ring is 1. The summed E-state index contributed by atoms with van der Waals surface area (Å²) in [6, 6.07) is 9.55. The normalized spacial score (nSPS) is 11.1. The first kappa shape index (κ1) is 13.4. The number of imidazole rings is 1. The van der Waals surface area contributed by atoms with Crippen molar-refractivity contribution in [1.82, 2.24) is 9.55 Å². The number of anilines is 1. The number of phenolic OH excluding ortho intramolecular Hbond substituents is 1. The standard InChI is InChI=1S/C16H16FN3O/c1-2-7-20-14-9-11(17)4-5-13(14)19-16(20)10-3-6-15(21)12(18)8-10/h3-6,8-9,21H,2,7,18H2,1H3. The molecule has 0 unspecified atom stereocenters. The SMILES string of the molecule is CCCn1c(-c2ccc(O)c(N)c2)nc2ccc(F)cc21. The molecule has 0 radical (unpaired) electrons. The van der Waals surface area contributed by atoms with E-state index >= 15 is 0 Å². The third kappa shape index (κ3) is 2.31. The predicted molar refractivity (Wildman–Crippen MR) is 81.5 cm³/mol. The van der Waals surface area contributed by atoms with Gasteiger partial charge in [-0.15, -0.1) is 0 Å². The van der Waals surface area contributed by atoms with Crippen LogP contribution in [-0.2, 0) is 6.54 Å². The molecule has 0 aliphatic carbocycles. The predicted octanol–water partition coefficient (Wildman–Crippen LogP) is 3.54. The van der Waals surface area contributed by atoms with Crippen LogP contribution in [0.3, 0.4) is 0 Å². The quantitative estimate of drug-likeness (QED) is 0.571. The van der Waals surface area contributed by atoms with E-state index in [1.54, 1.807) is 24.3 Å². The summed E-state index contributed by atoms with van der Waals surface area (Å²) in [5.74, 6) is 0.489. The Balaban J connectivity index is 2.25. The van der Waals surface area contributed by atoms with Crippen molar-refractivity contribution in [3.05, 3.63) is 42.2 Å². The molecule has 0 aliphatic heterocycles. The van der Waals surface area contributed by atoms with Gasteiger partial charge in [0, 0.05) is 12.1 Å². The largest absolute Gasteiger partial charge is 0.506 e. The lowest BCUT2D eigenvalue weighted by molar-refractivity contribution is 0.478. The number of halogens is 1. The van der Waals surface area contributed by atoms with Crippen LogP contribution in [0.15, 0.2) is 36.4 Å². The summed E-state index contributed by atoms with van der Waals surface area (Å²) in [6.45, 7) is 2.79. The molecule has 3 aromatic rings. The fraction of sp³-hybridized carbons (Fsp3) is 0.188. The lowest BCUT2D eigenvalue weighted by Crippen LogP contribution is -2.00. The zero-order valence-electron chi connectivity index (χ0n) is 11.7. The number of rotatable bonds is 3. The smallest absolute Gasteiger partial charge is 0.141 e. The first-order valence-electron chi connectivity index (χ1n) is 6.85. The van der Waals surface area contributed by atoms with Crippen molar-refractivity contribution in [3.8, 4) is 17.1 Å². The van der Waals surface area contributed by atoms with Gasteiger partial charge >= 0.3 is 0 Å². The van der Waals surface area contributed by atoms with Crippen LogP contribution in [0.1, 0.15) is 13.3 Å². The van der Waals surface area contributed by atoms with E-state index in [2.05, 4.69) is 11.9 Å². The molecule has 0 saturated heterocycles. The van der Waals surface area contributed by atoms with E-state index in [4.69, 9.17) is 5.73 Å². The lowest BCUT2D eigenvalue weighted by atomic mass is 10.1. The molecule has 1 heterocycles. The monoisotopic (exact) mass is 285 g/mol. The van der Waals surface area contributed by atoms with E-state index in [0.717, 1.165) is 35.4 Å². The van der Waals surface area contributed by atoms with Gasteiger partial charge in [-0.1, -0.05) is 6.92 Å². The molecule has 0 aliphatic rings. The van der Waals surface area contributed by atoms with Gasteiger partial charge in [-0.2, -0.15) is 0 Å². The number of aromatic nitrogens is 2. The number of hydrogen-bond acceptors (Lipinski definition) is 3. The zero-order chi connectivity index (χ0) is 15.0. The van der Waals surface area contributed by atoms with Crippen LogP contribution >= 0.6 is 0 Å². The second-order valence-corrected chi connectivity index (χ2v) is 4.99. The van der Waals surface area contributed by atoms with Gasteiger partial charge in [0.05, 0.1) is 16.7 Å². The van der Waals surface area contributed by atoms with Gasteiger partial charge in [0.25, 0.3) is 0 Å². The fourth-order valence-electron chi connectivity index (χ4n) is 2.46. The summed E-state index contributed by atoms with van der Waals surface area (Å²) < 4.78 is 15.5. The third-order valence-corrected chi connectivity index (χ3v) is 3.44. The molecule has 0 atom stereocenters. The summed E-state index contributed by atoms with van der Waals surface area (Å²) in [6.07, 6.45) is 0.905. The van der Waals surface area contributed by atoms with E-state index in [1.165, 1.54) is 12.1 Å². The number of nitrogens with two attached hydrogens (primary N) is 1. The molecular formula is C16H16FN3O. The number of phenols is 1. The second kappa shape index (κ2) is 5.09. The van der Waals surface area contributed by atoms with Gasteiger partial charge in [0.1, 0.15) is 17.4 Å².